The van der Waals surface area contributed by atoms with Crippen LogP contribution in [0.25, 0.3) is 0 Å². The lowest BCUT2D eigenvalue weighted by Crippen LogP contribution is -2.38. The van der Waals surface area contributed by atoms with Crippen molar-refractivity contribution < 1.29 is 4.84 Å². The molecule has 0 rings (SSSR count). The van der Waals surface area contributed by atoms with Gasteiger partial charge in [0, 0.05) is 5.54 Å². The van der Waals surface area contributed by atoms with Gasteiger partial charge in [-0.3, -0.25) is 0 Å². The standard InChI is InChI=1S/C7H17NO.ClH/c1-5-7(3,4)8-9-6-2;/h8H,5-6H2,1-4H3;1H. The predicted molar refractivity (Wildman–Crippen MR) is 46.4 cm³/mol. The van der Waals surface area contributed by atoms with Crippen molar-refractivity contribution >= 4 is 12.4 Å². The van der Waals surface area contributed by atoms with Gasteiger partial charge in [0.25, 0.3) is 0 Å². The van der Waals surface area contributed by atoms with Crippen molar-refractivity contribution in [3.8, 4) is 0 Å². The summed E-state index contributed by atoms with van der Waals surface area (Å²) in [4.78, 5) is 5.04. The molecule has 0 aliphatic heterocycles. The summed E-state index contributed by atoms with van der Waals surface area (Å²) >= 11 is 0. The highest BCUT2D eigenvalue weighted by molar-refractivity contribution is 5.85. The molecule has 0 aliphatic rings. The van der Waals surface area contributed by atoms with Crippen molar-refractivity contribution in [3.63, 3.8) is 0 Å². The van der Waals surface area contributed by atoms with Gasteiger partial charge < -0.3 is 4.84 Å². The van der Waals surface area contributed by atoms with E-state index in [4.69, 9.17) is 4.84 Å². The molecule has 0 unspecified atom stereocenters. The Hall–Kier alpha value is 0.210. The number of hydroxylamine groups is 1. The van der Waals surface area contributed by atoms with Crippen LogP contribution in [0.3, 0.4) is 0 Å². The third-order valence-electron chi connectivity index (χ3n) is 1.38. The summed E-state index contributed by atoms with van der Waals surface area (Å²) in [5.41, 5.74) is 3.08. The summed E-state index contributed by atoms with van der Waals surface area (Å²) in [7, 11) is 0. The molecule has 3 heteroatoms. The summed E-state index contributed by atoms with van der Waals surface area (Å²) in [5, 5.41) is 0. The van der Waals surface area contributed by atoms with Gasteiger partial charge in [0.15, 0.2) is 0 Å². The van der Waals surface area contributed by atoms with Crippen molar-refractivity contribution in [1.29, 1.82) is 0 Å². The maximum Gasteiger partial charge on any atom is 0.0654 e. The van der Waals surface area contributed by atoms with Gasteiger partial charge in [-0.25, -0.2) is 0 Å². The van der Waals surface area contributed by atoms with Crippen LogP contribution in [0.5, 0.6) is 0 Å². The molecule has 0 saturated heterocycles. The van der Waals surface area contributed by atoms with E-state index >= 15 is 0 Å². The zero-order valence-corrected chi connectivity index (χ0v) is 8.05. The first kappa shape index (κ1) is 12.8. The lowest BCUT2D eigenvalue weighted by atomic mass is 10.0. The fraction of sp³-hybridized carbons (Fsp3) is 1.00. The van der Waals surface area contributed by atoms with Crippen molar-refractivity contribution in [3.05, 3.63) is 0 Å². The molecule has 64 valence electrons. The third-order valence-corrected chi connectivity index (χ3v) is 1.38. The van der Waals surface area contributed by atoms with Crippen molar-refractivity contribution in [2.75, 3.05) is 6.61 Å². The summed E-state index contributed by atoms with van der Waals surface area (Å²) in [6.45, 7) is 9.06. The average molecular weight is 168 g/mol. The Morgan fingerprint density at radius 3 is 2.10 bits per heavy atom. The molecular weight excluding hydrogens is 150 g/mol. The molecule has 0 fully saturated rings. The van der Waals surface area contributed by atoms with Crippen molar-refractivity contribution in [2.45, 2.75) is 39.7 Å². The van der Waals surface area contributed by atoms with Gasteiger partial charge in [-0.15, -0.1) is 12.4 Å². The van der Waals surface area contributed by atoms with Gasteiger partial charge in [0.2, 0.25) is 0 Å². The molecule has 0 amide bonds. The van der Waals surface area contributed by atoms with E-state index in [2.05, 4.69) is 26.3 Å². The van der Waals surface area contributed by atoms with E-state index in [9.17, 15) is 0 Å². The van der Waals surface area contributed by atoms with Gasteiger partial charge in [-0.2, -0.15) is 5.48 Å². The SMILES string of the molecule is CCONC(C)(C)CC.Cl. The van der Waals surface area contributed by atoms with E-state index in [-0.39, 0.29) is 17.9 Å². The number of nitrogens with one attached hydrogen (secondary N) is 1. The Morgan fingerprint density at radius 2 is 1.80 bits per heavy atom. The summed E-state index contributed by atoms with van der Waals surface area (Å²) in [6.07, 6.45) is 1.08. The Bertz CT molecular complexity index is 76.0. The molecule has 1 N–H and O–H groups in total. The van der Waals surface area contributed by atoms with Crippen LogP contribution in [-0.2, 0) is 4.84 Å². The molecule has 0 aromatic heterocycles. The molecule has 0 aromatic carbocycles. The van der Waals surface area contributed by atoms with Gasteiger partial charge in [0.1, 0.15) is 0 Å². The van der Waals surface area contributed by atoms with Gasteiger partial charge in [0.05, 0.1) is 6.61 Å². The van der Waals surface area contributed by atoms with Gasteiger partial charge >= 0.3 is 0 Å². The third kappa shape index (κ3) is 6.33. The quantitative estimate of drug-likeness (QED) is 0.648. The molecule has 0 radical (unpaired) electrons. The zero-order valence-electron chi connectivity index (χ0n) is 7.23. The molecule has 0 aliphatic carbocycles. The molecule has 0 heterocycles. The first-order valence-electron chi connectivity index (χ1n) is 3.51. The summed E-state index contributed by atoms with van der Waals surface area (Å²) in [5.74, 6) is 0. The largest absolute Gasteiger partial charge is 0.302 e. The summed E-state index contributed by atoms with van der Waals surface area (Å²) in [6, 6.07) is 0. The topological polar surface area (TPSA) is 21.3 Å². The molecule has 0 atom stereocenters. The molecule has 0 saturated carbocycles. The monoisotopic (exact) mass is 167 g/mol. The molecule has 0 bridgehead atoms. The minimum Gasteiger partial charge on any atom is -0.302 e. The average Bonchev–Trinajstić information content (AvgIpc) is 1.84. The highest BCUT2D eigenvalue weighted by Gasteiger charge is 2.12. The van der Waals surface area contributed by atoms with Crippen molar-refractivity contribution in [2.24, 2.45) is 0 Å². The van der Waals surface area contributed by atoms with E-state index in [0.717, 1.165) is 13.0 Å². The van der Waals surface area contributed by atoms with E-state index in [0.29, 0.717) is 0 Å². The van der Waals surface area contributed by atoms with Crippen LogP contribution < -0.4 is 5.48 Å². The Kier molecular flexibility index (Phi) is 7.65. The van der Waals surface area contributed by atoms with Crippen LogP contribution in [0.15, 0.2) is 0 Å². The molecular formula is C7H18ClNO. The molecule has 10 heavy (non-hydrogen) atoms. The van der Waals surface area contributed by atoms with Crippen LogP contribution in [0.4, 0.5) is 0 Å². The predicted octanol–water partition coefficient (Wildman–Crippen LogP) is 2.14. The lowest BCUT2D eigenvalue weighted by Gasteiger charge is -2.22. The van der Waals surface area contributed by atoms with E-state index in [1.165, 1.54) is 0 Å². The summed E-state index contributed by atoms with van der Waals surface area (Å²) < 4.78 is 0. The van der Waals surface area contributed by atoms with Crippen LogP contribution in [0.2, 0.25) is 0 Å². The van der Waals surface area contributed by atoms with Crippen LogP contribution in [0, 0.1) is 0 Å². The van der Waals surface area contributed by atoms with Gasteiger partial charge in [-0.05, 0) is 27.2 Å². The second-order valence-electron chi connectivity index (χ2n) is 2.77. The van der Waals surface area contributed by atoms with E-state index in [1.807, 2.05) is 6.92 Å². The number of hydrogen-bond donors (Lipinski definition) is 1. The number of halogens is 1. The fourth-order valence-electron chi connectivity index (χ4n) is 0.340. The van der Waals surface area contributed by atoms with E-state index in [1.54, 1.807) is 0 Å². The van der Waals surface area contributed by atoms with E-state index < -0.39 is 0 Å². The van der Waals surface area contributed by atoms with Crippen LogP contribution in [-0.4, -0.2) is 12.1 Å². The molecule has 0 aromatic rings. The minimum absolute atomic E-state index is 0. The van der Waals surface area contributed by atoms with Gasteiger partial charge in [-0.1, -0.05) is 6.92 Å². The Labute approximate surface area is 69.7 Å². The Balaban J connectivity index is 0. The smallest absolute Gasteiger partial charge is 0.0654 e. The number of rotatable bonds is 4. The second kappa shape index (κ2) is 5.96. The first-order valence-corrected chi connectivity index (χ1v) is 3.51. The molecule has 0 spiro atoms. The Morgan fingerprint density at radius 1 is 1.30 bits per heavy atom. The molecule has 2 nitrogen and oxygen atoms in total. The lowest BCUT2D eigenvalue weighted by molar-refractivity contribution is -0.00559. The first-order chi connectivity index (χ1) is 4.12. The van der Waals surface area contributed by atoms with Crippen LogP contribution in [0.1, 0.15) is 34.1 Å². The van der Waals surface area contributed by atoms with Crippen molar-refractivity contribution in [1.82, 2.24) is 5.48 Å². The fourth-order valence-corrected chi connectivity index (χ4v) is 0.340. The zero-order chi connectivity index (χ0) is 7.33. The maximum absolute atomic E-state index is 5.04. The number of hydrogen-bond acceptors (Lipinski definition) is 2. The highest BCUT2D eigenvalue weighted by atomic mass is 35.5. The highest BCUT2D eigenvalue weighted by Crippen LogP contribution is 2.05. The maximum atomic E-state index is 5.04. The normalized spacial score (nSPS) is 10.8. The van der Waals surface area contributed by atoms with Crippen LogP contribution >= 0.6 is 12.4 Å². The second-order valence-corrected chi connectivity index (χ2v) is 2.77. The minimum atomic E-state index is 0.